The van der Waals surface area contributed by atoms with Crippen molar-refractivity contribution in [3.05, 3.63) is 22.7 Å². The highest BCUT2D eigenvalue weighted by atomic mass is 79.9. The molecule has 1 aliphatic rings. The van der Waals surface area contributed by atoms with Gasteiger partial charge in [-0.2, -0.15) is 0 Å². The lowest BCUT2D eigenvalue weighted by molar-refractivity contribution is 0.411. The minimum atomic E-state index is -3.54. The van der Waals surface area contributed by atoms with Crippen molar-refractivity contribution in [3.63, 3.8) is 0 Å². The monoisotopic (exact) mass is 384 g/mol. The van der Waals surface area contributed by atoms with Crippen molar-refractivity contribution < 1.29 is 13.2 Å². The maximum Gasteiger partial charge on any atom is 0.240 e. The summed E-state index contributed by atoms with van der Waals surface area (Å²) >= 11 is 3.28. The number of rotatable bonds is 6. The van der Waals surface area contributed by atoms with Crippen LogP contribution >= 0.6 is 28.3 Å². The van der Waals surface area contributed by atoms with E-state index in [9.17, 15) is 8.42 Å². The molecule has 1 atom stereocenters. The zero-order valence-corrected chi connectivity index (χ0v) is 14.2. The number of nitrogens with two attached hydrogens (primary N) is 1. The van der Waals surface area contributed by atoms with Gasteiger partial charge < -0.3 is 10.5 Å². The molecule has 0 aromatic heterocycles. The first-order valence-electron chi connectivity index (χ1n) is 6.04. The lowest BCUT2D eigenvalue weighted by Crippen LogP contribution is -2.41. The maximum absolute atomic E-state index is 12.3. The number of nitrogens with one attached hydrogen (secondary N) is 1. The Morgan fingerprint density at radius 3 is 2.60 bits per heavy atom. The van der Waals surface area contributed by atoms with E-state index >= 15 is 0 Å². The van der Waals surface area contributed by atoms with E-state index in [-0.39, 0.29) is 23.3 Å². The summed E-state index contributed by atoms with van der Waals surface area (Å²) in [7, 11) is -2.01. The normalized spacial score (nSPS) is 16.4. The Balaban J connectivity index is 0.00000200. The van der Waals surface area contributed by atoms with Gasteiger partial charge in [-0.15, -0.1) is 12.4 Å². The average molecular weight is 386 g/mol. The summed E-state index contributed by atoms with van der Waals surface area (Å²) in [6, 6.07) is 4.49. The Morgan fingerprint density at radius 2 is 2.15 bits per heavy atom. The van der Waals surface area contributed by atoms with Crippen LogP contribution in [0.4, 0.5) is 0 Å². The molecule has 0 heterocycles. The SMILES string of the molecule is COc1ccc(S(=O)(=O)NC(CN)C2CC2)cc1Br.Cl. The lowest BCUT2D eigenvalue weighted by atomic mass is 10.2. The van der Waals surface area contributed by atoms with Gasteiger partial charge in [0.15, 0.2) is 0 Å². The zero-order chi connectivity index (χ0) is 14.0. The smallest absolute Gasteiger partial charge is 0.240 e. The van der Waals surface area contributed by atoms with E-state index in [1.54, 1.807) is 6.07 Å². The third-order valence-corrected chi connectivity index (χ3v) is 5.29. The number of benzene rings is 1. The van der Waals surface area contributed by atoms with Crippen LogP contribution in [0.2, 0.25) is 0 Å². The first-order chi connectivity index (χ1) is 8.97. The van der Waals surface area contributed by atoms with Crippen molar-refractivity contribution in [1.29, 1.82) is 0 Å². The van der Waals surface area contributed by atoms with E-state index in [1.807, 2.05) is 0 Å². The van der Waals surface area contributed by atoms with Crippen LogP contribution in [-0.4, -0.2) is 28.1 Å². The largest absolute Gasteiger partial charge is 0.496 e. The van der Waals surface area contributed by atoms with Gasteiger partial charge in [-0.05, 0) is 52.9 Å². The van der Waals surface area contributed by atoms with E-state index in [4.69, 9.17) is 10.5 Å². The van der Waals surface area contributed by atoms with Gasteiger partial charge in [-0.1, -0.05) is 0 Å². The Bertz CT molecular complexity index is 564. The van der Waals surface area contributed by atoms with E-state index in [0.717, 1.165) is 12.8 Å². The maximum atomic E-state index is 12.3. The molecule has 1 unspecified atom stereocenters. The van der Waals surface area contributed by atoms with E-state index in [0.29, 0.717) is 22.7 Å². The molecular formula is C12H18BrClN2O3S. The van der Waals surface area contributed by atoms with Gasteiger partial charge in [-0.3, -0.25) is 0 Å². The predicted octanol–water partition coefficient (Wildman–Crippen LogP) is 1.90. The molecule has 0 spiro atoms. The van der Waals surface area contributed by atoms with Crippen LogP contribution in [0.3, 0.4) is 0 Å². The average Bonchev–Trinajstić information content (AvgIpc) is 3.20. The Morgan fingerprint density at radius 1 is 1.50 bits per heavy atom. The molecule has 114 valence electrons. The highest BCUT2D eigenvalue weighted by Crippen LogP contribution is 2.33. The second-order valence-electron chi connectivity index (χ2n) is 4.60. The van der Waals surface area contributed by atoms with Gasteiger partial charge in [0.25, 0.3) is 0 Å². The summed E-state index contributed by atoms with van der Waals surface area (Å²) in [5, 5.41) is 0. The minimum Gasteiger partial charge on any atom is -0.496 e. The molecule has 3 N–H and O–H groups in total. The second-order valence-corrected chi connectivity index (χ2v) is 7.17. The van der Waals surface area contributed by atoms with Crippen molar-refractivity contribution in [2.75, 3.05) is 13.7 Å². The Hall–Kier alpha value is -0.340. The molecular weight excluding hydrogens is 368 g/mol. The number of halogens is 2. The van der Waals surface area contributed by atoms with Crippen molar-refractivity contribution in [3.8, 4) is 5.75 Å². The fourth-order valence-corrected chi connectivity index (χ4v) is 3.95. The van der Waals surface area contributed by atoms with E-state index in [1.165, 1.54) is 19.2 Å². The number of methoxy groups -OCH3 is 1. The fourth-order valence-electron chi connectivity index (χ4n) is 1.92. The van der Waals surface area contributed by atoms with Gasteiger partial charge in [0.1, 0.15) is 5.75 Å². The topological polar surface area (TPSA) is 81.4 Å². The first-order valence-corrected chi connectivity index (χ1v) is 8.31. The molecule has 5 nitrogen and oxygen atoms in total. The molecule has 0 radical (unpaired) electrons. The van der Waals surface area contributed by atoms with Crippen molar-refractivity contribution in [2.45, 2.75) is 23.8 Å². The van der Waals surface area contributed by atoms with Gasteiger partial charge in [-0.25, -0.2) is 13.1 Å². The number of sulfonamides is 1. The molecule has 0 bridgehead atoms. The highest BCUT2D eigenvalue weighted by molar-refractivity contribution is 9.10. The van der Waals surface area contributed by atoms with Crippen LogP contribution in [0.25, 0.3) is 0 Å². The van der Waals surface area contributed by atoms with Crippen LogP contribution < -0.4 is 15.2 Å². The highest BCUT2D eigenvalue weighted by Gasteiger charge is 2.33. The van der Waals surface area contributed by atoms with Gasteiger partial charge >= 0.3 is 0 Å². The number of hydrogen-bond acceptors (Lipinski definition) is 4. The third kappa shape index (κ3) is 4.08. The number of hydrogen-bond donors (Lipinski definition) is 2. The first kappa shape index (κ1) is 17.7. The predicted molar refractivity (Wildman–Crippen MR) is 83.8 cm³/mol. The summed E-state index contributed by atoms with van der Waals surface area (Å²) in [5.41, 5.74) is 5.62. The van der Waals surface area contributed by atoms with Crippen molar-refractivity contribution >= 4 is 38.4 Å². The molecule has 8 heteroatoms. The van der Waals surface area contributed by atoms with Crippen molar-refractivity contribution in [2.24, 2.45) is 11.7 Å². The molecule has 0 saturated heterocycles. The Kier molecular flexibility index (Phi) is 6.27. The van der Waals surface area contributed by atoms with E-state index in [2.05, 4.69) is 20.7 Å². The summed E-state index contributed by atoms with van der Waals surface area (Å²) in [4.78, 5) is 0.208. The third-order valence-electron chi connectivity index (χ3n) is 3.19. The van der Waals surface area contributed by atoms with Crippen LogP contribution in [0.1, 0.15) is 12.8 Å². The molecule has 1 aromatic carbocycles. The van der Waals surface area contributed by atoms with Gasteiger partial charge in [0.2, 0.25) is 10.0 Å². The van der Waals surface area contributed by atoms with Crippen LogP contribution in [-0.2, 0) is 10.0 Å². The van der Waals surface area contributed by atoms with Crippen LogP contribution in [0.5, 0.6) is 5.75 Å². The van der Waals surface area contributed by atoms with Crippen LogP contribution in [0, 0.1) is 5.92 Å². The lowest BCUT2D eigenvalue weighted by Gasteiger charge is -2.16. The number of ether oxygens (including phenoxy) is 1. The summed E-state index contributed by atoms with van der Waals surface area (Å²) in [5.74, 6) is 0.970. The molecule has 1 fully saturated rings. The zero-order valence-electron chi connectivity index (χ0n) is 11.0. The van der Waals surface area contributed by atoms with Gasteiger partial charge in [0.05, 0.1) is 16.5 Å². The molecule has 1 aromatic rings. The Labute approximate surface area is 133 Å². The molecule has 1 aliphatic carbocycles. The molecule has 2 rings (SSSR count). The quantitative estimate of drug-likeness (QED) is 0.783. The molecule has 0 aliphatic heterocycles. The minimum absolute atomic E-state index is 0. The fraction of sp³-hybridized carbons (Fsp3) is 0.500. The van der Waals surface area contributed by atoms with Gasteiger partial charge in [0, 0.05) is 12.6 Å². The summed E-state index contributed by atoms with van der Waals surface area (Å²) in [6.07, 6.45) is 2.08. The van der Waals surface area contributed by atoms with Crippen LogP contribution in [0.15, 0.2) is 27.6 Å². The van der Waals surface area contributed by atoms with Crippen molar-refractivity contribution in [1.82, 2.24) is 4.72 Å². The van der Waals surface area contributed by atoms with E-state index < -0.39 is 10.0 Å². The molecule has 1 saturated carbocycles. The second kappa shape index (κ2) is 7.09. The standard InChI is InChI=1S/C12H17BrN2O3S.ClH/c1-18-12-5-4-9(6-10(12)13)19(16,17)15-11(7-14)8-2-3-8;/h4-6,8,11,15H,2-3,7,14H2,1H3;1H. The molecule has 0 amide bonds. The molecule has 20 heavy (non-hydrogen) atoms. The summed E-state index contributed by atoms with van der Waals surface area (Å²) < 4.78 is 32.9. The summed E-state index contributed by atoms with van der Waals surface area (Å²) in [6.45, 7) is 0.321.